The van der Waals surface area contributed by atoms with Crippen LogP contribution in [0.5, 0.6) is 0 Å². The molecule has 0 aliphatic carbocycles. The van der Waals surface area contributed by atoms with Crippen LogP contribution in [0.2, 0.25) is 0 Å². The van der Waals surface area contributed by atoms with Gasteiger partial charge in [0.05, 0.1) is 6.42 Å². The SMILES string of the molecule is Cc1ccc(CN(C)C(=O)COC(=O)CCn2c(C)csc2=O)c(C)c1. The molecule has 7 heteroatoms. The van der Waals surface area contributed by atoms with Crippen molar-refractivity contribution in [1.82, 2.24) is 9.47 Å². The van der Waals surface area contributed by atoms with Gasteiger partial charge >= 0.3 is 10.8 Å². The Morgan fingerprint density at radius 2 is 1.96 bits per heavy atom. The van der Waals surface area contributed by atoms with E-state index in [2.05, 4.69) is 6.07 Å². The fraction of sp³-hybridized carbons (Fsp3) is 0.421. The van der Waals surface area contributed by atoms with E-state index >= 15 is 0 Å². The summed E-state index contributed by atoms with van der Waals surface area (Å²) in [6.45, 7) is 6.28. The van der Waals surface area contributed by atoms with Gasteiger partial charge in [0.2, 0.25) is 0 Å². The number of aromatic nitrogens is 1. The predicted molar refractivity (Wildman–Crippen MR) is 101 cm³/mol. The fourth-order valence-electron chi connectivity index (χ4n) is 2.57. The summed E-state index contributed by atoms with van der Waals surface area (Å²) in [4.78, 5) is 37.0. The lowest BCUT2D eigenvalue weighted by molar-refractivity contribution is -0.151. The second-order valence-corrected chi connectivity index (χ2v) is 7.21. The van der Waals surface area contributed by atoms with Crippen LogP contribution >= 0.6 is 11.3 Å². The minimum absolute atomic E-state index is 0.0611. The normalized spacial score (nSPS) is 10.6. The Bertz CT molecular complexity index is 853. The van der Waals surface area contributed by atoms with Crippen molar-refractivity contribution < 1.29 is 14.3 Å². The van der Waals surface area contributed by atoms with Gasteiger partial charge in [-0.25, -0.2) is 0 Å². The number of thiazole rings is 1. The van der Waals surface area contributed by atoms with E-state index in [4.69, 9.17) is 4.74 Å². The van der Waals surface area contributed by atoms with Gasteiger partial charge in [0, 0.05) is 31.2 Å². The maximum absolute atomic E-state index is 12.2. The number of benzene rings is 1. The molecule has 0 atom stereocenters. The molecule has 1 aromatic carbocycles. The summed E-state index contributed by atoms with van der Waals surface area (Å²) >= 11 is 1.10. The molecule has 2 rings (SSSR count). The van der Waals surface area contributed by atoms with Crippen molar-refractivity contribution in [3.05, 3.63) is 55.6 Å². The van der Waals surface area contributed by atoms with Crippen molar-refractivity contribution in [1.29, 1.82) is 0 Å². The zero-order chi connectivity index (χ0) is 19.3. The molecule has 0 saturated heterocycles. The number of hydrogen-bond donors (Lipinski definition) is 0. The van der Waals surface area contributed by atoms with Crippen molar-refractivity contribution in [3.63, 3.8) is 0 Å². The predicted octanol–water partition coefficient (Wildman–Crippen LogP) is 2.43. The molecular formula is C19H24N2O4S. The number of amides is 1. The van der Waals surface area contributed by atoms with Gasteiger partial charge in [0.25, 0.3) is 5.91 Å². The summed E-state index contributed by atoms with van der Waals surface area (Å²) in [5.74, 6) is -0.752. The molecule has 0 aliphatic heterocycles. The molecule has 0 radical (unpaired) electrons. The summed E-state index contributed by atoms with van der Waals surface area (Å²) in [5.41, 5.74) is 4.18. The third-order valence-corrected chi connectivity index (χ3v) is 5.08. The van der Waals surface area contributed by atoms with Crippen molar-refractivity contribution in [2.75, 3.05) is 13.7 Å². The highest BCUT2D eigenvalue weighted by Crippen LogP contribution is 2.12. The first-order valence-corrected chi connectivity index (χ1v) is 9.26. The smallest absolute Gasteiger partial charge is 0.308 e. The second-order valence-electron chi connectivity index (χ2n) is 6.39. The average molecular weight is 376 g/mol. The molecule has 140 valence electrons. The Morgan fingerprint density at radius 3 is 2.58 bits per heavy atom. The highest BCUT2D eigenvalue weighted by Gasteiger charge is 2.14. The third-order valence-electron chi connectivity index (χ3n) is 4.20. The zero-order valence-electron chi connectivity index (χ0n) is 15.6. The van der Waals surface area contributed by atoms with Crippen LogP contribution < -0.4 is 4.87 Å². The van der Waals surface area contributed by atoms with Crippen molar-refractivity contribution in [2.45, 2.75) is 40.3 Å². The van der Waals surface area contributed by atoms with E-state index in [9.17, 15) is 14.4 Å². The van der Waals surface area contributed by atoms with Gasteiger partial charge in [-0.05, 0) is 31.9 Å². The number of rotatable bonds is 7. The molecule has 0 unspecified atom stereocenters. The maximum atomic E-state index is 12.2. The van der Waals surface area contributed by atoms with Crippen molar-refractivity contribution >= 4 is 23.2 Å². The van der Waals surface area contributed by atoms with E-state index < -0.39 is 5.97 Å². The Morgan fingerprint density at radius 1 is 1.23 bits per heavy atom. The lowest BCUT2D eigenvalue weighted by atomic mass is 10.1. The van der Waals surface area contributed by atoms with E-state index in [1.165, 1.54) is 10.1 Å². The van der Waals surface area contributed by atoms with E-state index in [-0.39, 0.29) is 30.4 Å². The first kappa shape index (κ1) is 19.9. The van der Waals surface area contributed by atoms with Gasteiger partial charge in [-0.3, -0.25) is 14.4 Å². The topological polar surface area (TPSA) is 68.6 Å². The molecule has 1 heterocycles. The van der Waals surface area contributed by atoms with Crippen LogP contribution in [-0.4, -0.2) is 35.0 Å². The molecule has 26 heavy (non-hydrogen) atoms. The van der Waals surface area contributed by atoms with Crippen LogP contribution in [0, 0.1) is 20.8 Å². The Balaban J connectivity index is 1.79. The van der Waals surface area contributed by atoms with E-state index in [0.717, 1.165) is 28.2 Å². The molecule has 1 aromatic heterocycles. The summed E-state index contributed by atoms with van der Waals surface area (Å²) in [6, 6.07) is 6.08. The molecule has 1 amide bonds. The monoisotopic (exact) mass is 376 g/mol. The minimum atomic E-state index is -0.490. The minimum Gasteiger partial charge on any atom is -0.456 e. The quantitative estimate of drug-likeness (QED) is 0.696. The van der Waals surface area contributed by atoms with Crippen LogP contribution in [0.3, 0.4) is 0 Å². The number of hydrogen-bond acceptors (Lipinski definition) is 5. The summed E-state index contributed by atoms with van der Waals surface area (Å²) in [7, 11) is 1.68. The Kier molecular flexibility index (Phi) is 6.74. The summed E-state index contributed by atoms with van der Waals surface area (Å²) in [6.07, 6.45) is 0.0611. The molecule has 0 aliphatic rings. The van der Waals surface area contributed by atoms with E-state index in [0.29, 0.717) is 6.54 Å². The molecule has 0 bridgehead atoms. The average Bonchev–Trinajstić information content (AvgIpc) is 2.91. The van der Waals surface area contributed by atoms with Crippen molar-refractivity contribution in [2.24, 2.45) is 0 Å². The zero-order valence-corrected chi connectivity index (χ0v) is 16.4. The molecular weight excluding hydrogens is 352 g/mol. The van der Waals surface area contributed by atoms with E-state index in [1.54, 1.807) is 17.3 Å². The number of ether oxygens (including phenoxy) is 1. The van der Waals surface area contributed by atoms with Gasteiger partial charge in [-0.1, -0.05) is 35.1 Å². The first-order chi connectivity index (χ1) is 12.3. The first-order valence-electron chi connectivity index (χ1n) is 8.38. The number of aryl methyl sites for hydroxylation is 3. The van der Waals surface area contributed by atoms with Crippen LogP contribution in [-0.2, 0) is 27.4 Å². The van der Waals surface area contributed by atoms with Crippen LogP contribution in [0.15, 0.2) is 28.4 Å². The lowest BCUT2D eigenvalue weighted by Gasteiger charge is -2.18. The molecule has 0 N–H and O–H groups in total. The van der Waals surface area contributed by atoms with Crippen molar-refractivity contribution in [3.8, 4) is 0 Å². The van der Waals surface area contributed by atoms with Gasteiger partial charge in [-0.2, -0.15) is 0 Å². The van der Waals surface area contributed by atoms with Crippen LogP contribution in [0.4, 0.5) is 0 Å². The van der Waals surface area contributed by atoms with Crippen LogP contribution in [0.1, 0.15) is 28.8 Å². The van der Waals surface area contributed by atoms with E-state index in [1.807, 2.05) is 32.9 Å². The number of carbonyl (C=O) groups excluding carboxylic acids is 2. The van der Waals surface area contributed by atoms with Gasteiger partial charge in [0.15, 0.2) is 6.61 Å². The Hall–Kier alpha value is -2.41. The maximum Gasteiger partial charge on any atom is 0.308 e. The summed E-state index contributed by atoms with van der Waals surface area (Å²) < 4.78 is 6.58. The number of likely N-dealkylation sites (N-methyl/N-ethyl adjacent to an activating group) is 1. The lowest BCUT2D eigenvalue weighted by Crippen LogP contribution is -2.31. The fourth-order valence-corrected chi connectivity index (χ4v) is 3.33. The number of nitrogens with zero attached hydrogens (tertiary/aromatic N) is 2. The Labute approximate surface area is 157 Å². The highest BCUT2D eigenvalue weighted by atomic mass is 32.1. The molecule has 0 spiro atoms. The van der Waals surface area contributed by atoms with Gasteiger partial charge in [0.1, 0.15) is 0 Å². The molecule has 0 fully saturated rings. The van der Waals surface area contributed by atoms with Gasteiger partial charge in [-0.15, -0.1) is 0 Å². The number of esters is 1. The molecule has 2 aromatic rings. The standard InChI is InChI=1S/C19H24N2O4S/c1-13-5-6-16(14(2)9-13)10-20(4)17(22)11-25-18(23)7-8-21-15(3)12-26-19(21)24/h5-6,9,12H,7-8,10-11H2,1-4H3. The largest absolute Gasteiger partial charge is 0.456 e. The number of carbonyl (C=O) groups is 2. The third kappa shape index (κ3) is 5.29. The molecule has 6 nitrogen and oxygen atoms in total. The highest BCUT2D eigenvalue weighted by molar-refractivity contribution is 7.07. The second kappa shape index (κ2) is 8.80. The molecule has 0 saturated carbocycles. The summed E-state index contributed by atoms with van der Waals surface area (Å²) in [5, 5.41) is 1.75. The van der Waals surface area contributed by atoms with Gasteiger partial charge < -0.3 is 14.2 Å². The van der Waals surface area contributed by atoms with Crippen LogP contribution in [0.25, 0.3) is 0 Å².